The highest BCUT2D eigenvalue weighted by Crippen LogP contribution is 2.48. The van der Waals surface area contributed by atoms with Crippen molar-refractivity contribution < 1.29 is 41.8 Å². The zero-order chi connectivity index (χ0) is 24.5. The average molecular weight is 501 g/mol. The molecule has 2 aromatic rings. The SMILES string of the molecule is Cc1ccn([C@@H]2O[C@H](COP(=O)(N[C@H]3CCOC3=O)Oc3ccccc3)[C@@H](O)C2(F)F)c(=O)n1. The van der Waals surface area contributed by atoms with E-state index in [-0.39, 0.29) is 18.8 Å². The number of benzene rings is 1. The zero-order valence-electron chi connectivity index (χ0n) is 17.9. The number of carbonyl (C=O) groups is 1. The van der Waals surface area contributed by atoms with Gasteiger partial charge in [-0.2, -0.15) is 18.9 Å². The Morgan fingerprint density at radius 3 is 2.68 bits per heavy atom. The lowest BCUT2D eigenvalue weighted by molar-refractivity contribution is -0.141. The zero-order valence-corrected chi connectivity index (χ0v) is 18.8. The molecule has 184 valence electrons. The molecule has 0 saturated carbocycles. The first-order valence-electron chi connectivity index (χ1n) is 10.3. The number of ether oxygens (including phenoxy) is 2. The molecule has 2 aliphatic heterocycles. The summed E-state index contributed by atoms with van der Waals surface area (Å²) < 4.78 is 64.3. The number of esters is 1. The minimum atomic E-state index is -4.32. The molecule has 0 bridgehead atoms. The predicted molar refractivity (Wildman–Crippen MR) is 111 cm³/mol. The van der Waals surface area contributed by atoms with Crippen molar-refractivity contribution in [3.8, 4) is 5.75 Å². The number of hydrogen-bond donors (Lipinski definition) is 2. The minimum Gasteiger partial charge on any atom is -0.464 e. The molecule has 4 rings (SSSR count). The number of aromatic nitrogens is 2. The Bertz CT molecular complexity index is 1150. The van der Waals surface area contributed by atoms with Crippen LogP contribution in [0.15, 0.2) is 47.4 Å². The molecule has 2 fully saturated rings. The van der Waals surface area contributed by atoms with Gasteiger partial charge in [0.15, 0.2) is 6.10 Å². The summed E-state index contributed by atoms with van der Waals surface area (Å²) in [6.07, 6.45) is -4.97. The molecule has 2 saturated heterocycles. The summed E-state index contributed by atoms with van der Waals surface area (Å²) in [5.74, 6) is -4.43. The van der Waals surface area contributed by atoms with Crippen LogP contribution >= 0.6 is 7.75 Å². The van der Waals surface area contributed by atoms with Gasteiger partial charge in [0.25, 0.3) is 0 Å². The van der Waals surface area contributed by atoms with E-state index in [0.29, 0.717) is 10.3 Å². The summed E-state index contributed by atoms with van der Waals surface area (Å²) in [6, 6.07) is 8.18. The first kappa shape index (κ1) is 24.4. The smallest absolute Gasteiger partial charge is 0.459 e. The normalized spacial score (nSPS) is 27.8. The van der Waals surface area contributed by atoms with Gasteiger partial charge in [-0.1, -0.05) is 18.2 Å². The number of carbonyl (C=O) groups excluding carboxylic acids is 1. The summed E-state index contributed by atoms with van der Waals surface area (Å²) in [6.45, 7) is 0.808. The molecular formula is C20H22F2N3O8P. The molecule has 34 heavy (non-hydrogen) atoms. The first-order chi connectivity index (χ1) is 16.1. The second kappa shape index (κ2) is 9.51. The maximum absolute atomic E-state index is 14.8. The highest BCUT2D eigenvalue weighted by molar-refractivity contribution is 7.52. The number of cyclic esters (lactones) is 1. The maximum Gasteiger partial charge on any atom is 0.459 e. The van der Waals surface area contributed by atoms with Gasteiger partial charge in [0.2, 0.25) is 6.23 Å². The minimum absolute atomic E-state index is 0.0968. The molecule has 3 heterocycles. The Balaban J connectivity index is 1.52. The highest BCUT2D eigenvalue weighted by Gasteiger charge is 2.60. The fourth-order valence-electron chi connectivity index (χ4n) is 3.47. The summed E-state index contributed by atoms with van der Waals surface area (Å²) in [4.78, 5) is 27.5. The number of halogens is 2. The average Bonchev–Trinajstić information content (AvgIpc) is 3.28. The number of aliphatic hydroxyl groups excluding tert-OH is 1. The van der Waals surface area contributed by atoms with E-state index in [1.54, 1.807) is 18.2 Å². The van der Waals surface area contributed by atoms with Gasteiger partial charge in [0.05, 0.1) is 13.2 Å². The van der Waals surface area contributed by atoms with Gasteiger partial charge in [-0.3, -0.25) is 13.9 Å². The van der Waals surface area contributed by atoms with Crippen LogP contribution in [0.25, 0.3) is 0 Å². The van der Waals surface area contributed by atoms with Crippen molar-refractivity contribution in [1.82, 2.24) is 14.6 Å². The molecule has 0 aliphatic carbocycles. The van der Waals surface area contributed by atoms with Crippen LogP contribution in [0.3, 0.4) is 0 Å². The lowest BCUT2D eigenvalue weighted by Gasteiger charge is -2.23. The van der Waals surface area contributed by atoms with Gasteiger partial charge in [-0.05, 0) is 25.1 Å². The number of alkyl halides is 2. The fraction of sp³-hybridized carbons (Fsp3) is 0.450. The molecule has 11 nitrogen and oxygen atoms in total. The van der Waals surface area contributed by atoms with Gasteiger partial charge < -0.3 is 19.1 Å². The maximum atomic E-state index is 14.8. The van der Waals surface area contributed by atoms with Crippen molar-refractivity contribution >= 4 is 13.7 Å². The number of nitrogens with one attached hydrogen (secondary N) is 1. The van der Waals surface area contributed by atoms with Gasteiger partial charge >= 0.3 is 25.3 Å². The van der Waals surface area contributed by atoms with E-state index >= 15 is 0 Å². The number of aliphatic hydroxyl groups is 1. The third-order valence-electron chi connectivity index (χ3n) is 5.23. The van der Waals surface area contributed by atoms with Crippen LogP contribution in [0.1, 0.15) is 18.3 Å². The largest absolute Gasteiger partial charge is 0.464 e. The number of rotatable bonds is 8. The molecule has 0 amide bonds. The summed E-state index contributed by atoms with van der Waals surface area (Å²) in [5.41, 5.74) is -0.670. The van der Waals surface area contributed by atoms with Gasteiger partial charge in [-0.15, -0.1) is 0 Å². The van der Waals surface area contributed by atoms with Crippen molar-refractivity contribution in [2.75, 3.05) is 13.2 Å². The Morgan fingerprint density at radius 1 is 1.29 bits per heavy atom. The van der Waals surface area contributed by atoms with Crippen molar-refractivity contribution in [2.45, 2.75) is 43.7 Å². The van der Waals surface area contributed by atoms with E-state index in [2.05, 4.69) is 10.1 Å². The summed E-state index contributed by atoms with van der Waals surface area (Å²) >= 11 is 0. The second-order valence-corrected chi connectivity index (χ2v) is 9.43. The van der Waals surface area contributed by atoms with Crippen molar-refractivity contribution in [3.05, 3.63) is 58.8 Å². The lowest BCUT2D eigenvalue weighted by atomic mass is 10.1. The molecule has 5 atom stereocenters. The van der Waals surface area contributed by atoms with Gasteiger partial charge in [-0.25, -0.2) is 9.36 Å². The third kappa shape index (κ3) is 5.03. The monoisotopic (exact) mass is 501 g/mol. The van der Waals surface area contributed by atoms with Crippen molar-refractivity contribution in [2.24, 2.45) is 0 Å². The fourth-order valence-corrected chi connectivity index (χ4v) is 5.01. The Morgan fingerprint density at radius 2 is 2.03 bits per heavy atom. The quantitative estimate of drug-likeness (QED) is 0.405. The van der Waals surface area contributed by atoms with E-state index < -0.39 is 56.4 Å². The van der Waals surface area contributed by atoms with E-state index in [1.165, 1.54) is 25.1 Å². The molecule has 0 radical (unpaired) electrons. The summed E-state index contributed by atoms with van der Waals surface area (Å²) in [5, 5.41) is 12.6. The predicted octanol–water partition coefficient (Wildman–Crippen LogP) is 1.55. The van der Waals surface area contributed by atoms with Crippen molar-refractivity contribution in [1.29, 1.82) is 0 Å². The molecule has 0 spiro atoms. The molecular weight excluding hydrogens is 479 g/mol. The number of aryl methyl sites for hydroxylation is 1. The molecule has 2 aliphatic rings. The number of para-hydroxylation sites is 1. The van der Waals surface area contributed by atoms with E-state index in [9.17, 15) is 28.0 Å². The topological polar surface area (TPSA) is 138 Å². The standard InChI is InChI=1S/C20H22F2N3O8P/c1-12-7-9-25(19(28)23-12)18-20(21,22)16(26)15(32-18)11-31-34(29,24-14-8-10-30-17(14)27)33-13-5-3-2-4-6-13/h2-7,9,14-16,18,26H,8,10-11H2,1H3,(H,24,29)/t14-,15+,16+,18+,34?/m0/s1. The van der Waals surface area contributed by atoms with Crippen LogP contribution in [-0.4, -0.2) is 58.0 Å². The molecule has 14 heteroatoms. The molecule has 2 N–H and O–H groups in total. The van der Waals surface area contributed by atoms with E-state index in [4.69, 9.17) is 18.5 Å². The van der Waals surface area contributed by atoms with Crippen LogP contribution in [0.2, 0.25) is 0 Å². The molecule has 1 unspecified atom stereocenters. The van der Waals surface area contributed by atoms with Crippen LogP contribution in [0, 0.1) is 6.92 Å². The Labute approximate surface area is 192 Å². The van der Waals surface area contributed by atoms with Crippen molar-refractivity contribution in [3.63, 3.8) is 0 Å². The van der Waals surface area contributed by atoms with Crippen LogP contribution in [-0.2, 0) is 23.4 Å². The van der Waals surface area contributed by atoms with E-state index in [0.717, 1.165) is 6.20 Å². The van der Waals surface area contributed by atoms with E-state index in [1.807, 2.05) is 0 Å². The van der Waals surface area contributed by atoms with Gasteiger partial charge in [0, 0.05) is 18.3 Å². The lowest BCUT2D eigenvalue weighted by Crippen LogP contribution is -2.42. The van der Waals surface area contributed by atoms with Crippen LogP contribution in [0.4, 0.5) is 8.78 Å². The third-order valence-corrected chi connectivity index (χ3v) is 6.80. The molecule has 1 aromatic heterocycles. The van der Waals surface area contributed by atoms with Crippen LogP contribution in [0.5, 0.6) is 5.75 Å². The second-order valence-electron chi connectivity index (χ2n) is 7.74. The Hall–Kier alpha value is -2.70. The van der Waals surface area contributed by atoms with Gasteiger partial charge in [0.1, 0.15) is 17.9 Å². The Kier molecular flexibility index (Phi) is 6.83. The first-order valence-corrected chi connectivity index (χ1v) is 11.8. The van der Waals surface area contributed by atoms with Crippen LogP contribution < -0.4 is 15.3 Å². The number of hydrogen-bond acceptors (Lipinski definition) is 9. The highest BCUT2D eigenvalue weighted by atomic mass is 31.2. The molecule has 1 aromatic carbocycles. The summed E-state index contributed by atoms with van der Waals surface area (Å²) in [7, 11) is -4.32. The number of nitrogens with zero attached hydrogens (tertiary/aromatic N) is 2.